The number of pyridine rings is 4. The second-order valence-electron chi connectivity index (χ2n) is 28.9. The minimum atomic E-state index is -3.35. The lowest BCUT2D eigenvalue weighted by Crippen LogP contribution is -2.65. The van der Waals surface area contributed by atoms with Crippen LogP contribution in [0.25, 0.3) is 66.8 Å². The number of rotatable bonds is 10. The van der Waals surface area contributed by atoms with Gasteiger partial charge in [-0.15, -0.1) is 0 Å². The molecule has 12 aliphatic rings. The van der Waals surface area contributed by atoms with Crippen LogP contribution in [0.3, 0.4) is 0 Å². The molecule has 104 heavy (non-hydrogen) atoms. The van der Waals surface area contributed by atoms with Crippen molar-refractivity contribution in [2.75, 3.05) is 45.0 Å². The number of aromatic nitrogens is 12. The van der Waals surface area contributed by atoms with Gasteiger partial charge in [-0.05, 0) is 84.0 Å². The fraction of sp³-hybridized carbons (Fsp3) is 0.364. The first-order chi connectivity index (χ1) is 50.4. The summed E-state index contributed by atoms with van der Waals surface area (Å²) in [4.78, 5) is 99.4. The highest BCUT2D eigenvalue weighted by Gasteiger charge is 2.53. The number of fused-ring (bicyclic) bond motifs is 8. The maximum absolute atomic E-state index is 13.3. The first-order valence-corrected chi connectivity index (χ1v) is 36.9. The Bertz CT molecular complexity index is 5540. The number of nitriles is 3. The van der Waals surface area contributed by atoms with E-state index in [-0.39, 0.29) is 78.2 Å². The molecule has 20 rings (SSSR count). The van der Waals surface area contributed by atoms with Crippen LogP contribution in [0.15, 0.2) is 98.1 Å². The van der Waals surface area contributed by atoms with Crippen LogP contribution in [0, 0.1) is 57.7 Å². The van der Waals surface area contributed by atoms with Crippen molar-refractivity contribution in [3.63, 3.8) is 0 Å². The average molecular weight is 1410 g/mol. The van der Waals surface area contributed by atoms with Crippen LogP contribution in [-0.4, -0.2) is 162 Å². The fourth-order valence-corrected chi connectivity index (χ4v) is 18.5. The Morgan fingerprint density at radius 3 is 1.47 bits per heavy atom. The Kier molecular flexibility index (Phi) is 15.7. The molecule has 4 fully saturated rings. The van der Waals surface area contributed by atoms with E-state index >= 15 is 0 Å². The first kappa shape index (κ1) is 65.7. The zero-order valence-corrected chi connectivity index (χ0v) is 58.3. The van der Waals surface area contributed by atoms with Gasteiger partial charge in [0.15, 0.2) is 0 Å². The zero-order chi connectivity index (χ0) is 71.9. The molecule has 2 unspecified atom stereocenters. The minimum absolute atomic E-state index is 0.00180. The van der Waals surface area contributed by atoms with E-state index in [0.29, 0.717) is 96.5 Å². The Morgan fingerprint density at radius 2 is 1.01 bits per heavy atom. The summed E-state index contributed by atoms with van der Waals surface area (Å²) in [5.41, 5.74) is 18.2. The molecule has 0 spiro atoms. The predicted octanol–water partition coefficient (Wildman–Crippen LogP) is 9.34. The second-order valence-corrected chi connectivity index (χ2v) is 31.2. The number of nitrogens with zero attached hydrogens (tertiary/aromatic N) is 18. The van der Waals surface area contributed by atoms with E-state index in [1.807, 2.05) is 73.3 Å². The third-order valence-electron chi connectivity index (χ3n) is 22.5. The normalized spacial score (nSPS) is 18.9. The number of Topliss-reactive ketones (excluding diaryl/α,β-unsaturated/α-hetero) is 4. The van der Waals surface area contributed by atoms with Gasteiger partial charge in [0.1, 0.15) is 34.4 Å². The summed E-state index contributed by atoms with van der Waals surface area (Å²) in [7, 11) is -3.35. The smallest absolute Gasteiger partial charge is 0.338 e. The Morgan fingerprint density at radius 1 is 0.567 bits per heavy atom. The van der Waals surface area contributed by atoms with Crippen molar-refractivity contribution in [1.29, 1.82) is 15.8 Å². The third kappa shape index (κ3) is 9.96. The number of amides is 2. The number of likely N-dealkylation sites (tertiary alicyclic amines) is 2. The molecule has 3 saturated heterocycles. The second kappa shape index (κ2) is 24.8. The highest BCUT2D eigenvalue weighted by molar-refractivity contribution is 7.89. The summed E-state index contributed by atoms with van der Waals surface area (Å²) in [6.07, 6.45) is 29.3. The van der Waals surface area contributed by atoms with Crippen LogP contribution in [0.1, 0.15) is 165 Å². The Balaban J connectivity index is 0.000000103. The molecule has 2 atom stereocenters. The summed E-state index contributed by atoms with van der Waals surface area (Å²) in [5, 5.41) is 45.5. The van der Waals surface area contributed by atoms with Crippen molar-refractivity contribution >= 4 is 67.4 Å². The monoisotopic (exact) mass is 1400 g/mol. The zero-order valence-electron chi connectivity index (χ0n) is 57.4. The topological polar surface area (TPSA) is 340 Å². The summed E-state index contributed by atoms with van der Waals surface area (Å²) in [6, 6.07) is 13.5. The Labute approximate surface area is 597 Å². The molecule has 0 bridgehead atoms. The van der Waals surface area contributed by atoms with Gasteiger partial charge in [-0.2, -0.15) is 45.2 Å². The van der Waals surface area contributed by atoms with E-state index in [1.165, 1.54) is 21.8 Å². The van der Waals surface area contributed by atoms with Crippen molar-refractivity contribution in [3.05, 3.63) is 166 Å². The van der Waals surface area contributed by atoms with Gasteiger partial charge in [-0.25, -0.2) is 17.9 Å². The molecule has 3 aliphatic heterocycles. The lowest BCUT2D eigenvalue weighted by Gasteiger charge is -2.48. The van der Waals surface area contributed by atoms with Gasteiger partial charge in [0.25, 0.3) is 0 Å². The fourth-order valence-electron chi connectivity index (χ4n) is 17.3. The van der Waals surface area contributed by atoms with Gasteiger partial charge in [-0.3, -0.25) is 53.3 Å². The van der Waals surface area contributed by atoms with E-state index in [4.69, 9.17) is 5.26 Å². The SMILES string of the molecule is CC(C)C(C(=O)N1CC(C#N)C1)n1ncc2c1C(=O)C1=CCc3nccc-2c31.CC1CN(C(=O)n2ncc3c2C(=O)C2=CCc4nccc-3c42)C1.CCS(=O)(=O)N1CC(CC#N)(n2ncc3c2C(=O)C2=CCc4nccc-3c42)C1.N#CCC(C1CCCC1)n1ncc2c1C(=O)C1=CCc3nccc-2c31. The maximum Gasteiger partial charge on any atom is 0.345 e. The predicted molar refractivity (Wildman–Crippen MR) is 377 cm³/mol. The standard InChI is InChI=1S/C21H19N5O2.C20H18N4O.C19H17N5O3S.C17H14N4O2/c1-11(2)18(21(28)25-9-12(7-22)10-25)26-19-15(8-24-26)13-5-6-23-16-4-3-14(17(13)16)20(19)27;21-9-7-17(12-3-1-2-4-12)24-19-15(11-23-24)13-8-10-22-16-6-5-14(18(13)16)20(19)25;1-2-28(26,27)23-10-19(11-23,6-7-20)24-17-14(9-22-24)12-5-8-21-15-4-3-13(16(12)15)18(17)25;1-9-7-20(8-9)17(23)21-15-12(6-19-21)10-4-5-18-13-3-2-11(14(10)13)16(15)22/h3,5-6,8,11-12,18H,4,9-10H2,1-2H3;5,8,10-12,17H,1-4,6-7H2;3,5,8-9H,2,4,6,10-11H2,1H3;2,4-6,9H,3,7-8H2,1H3. The van der Waals surface area contributed by atoms with E-state index in [0.717, 1.165) is 121 Å². The van der Waals surface area contributed by atoms with Crippen LogP contribution < -0.4 is 0 Å². The number of carbonyl (C=O) groups excluding carboxylic acids is 6. The van der Waals surface area contributed by atoms with E-state index in [2.05, 4.69) is 65.5 Å². The van der Waals surface area contributed by atoms with E-state index in [1.54, 1.807) is 69.5 Å². The van der Waals surface area contributed by atoms with Crippen molar-refractivity contribution in [1.82, 2.24) is 73.2 Å². The van der Waals surface area contributed by atoms with Crippen molar-refractivity contribution < 1.29 is 37.2 Å². The van der Waals surface area contributed by atoms with Crippen LogP contribution in [0.4, 0.5) is 4.79 Å². The first-order valence-electron chi connectivity index (χ1n) is 35.3. The molecule has 9 aliphatic carbocycles. The van der Waals surface area contributed by atoms with Gasteiger partial charge in [0, 0.05) is 157 Å². The number of ketones is 4. The van der Waals surface area contributed by atoms with Gasteiger partial charge >= 0.3 is 6.03 Å². The largest absolute Gasteiger partial charge is 0.345 e. The van der Waals surface area contributed by atoms with E-state index in [9.17, 15) is 47.7 Å². The van der Waals surface area contributed by atoms with E-state index < -0.39 is 21.6 Å². The molecule has 0 radical (unpaired) electrons. The van der Waals surface area contributed by atoms with Crippen LogP contribution in [0.2, 0.25) is 0 Å². The molecule has 2 amide bonds. The summed E-state index contributed by atoms with van der Waals surface area (Å²) in [5.74, 6) is 0.389. The average Bonchev–Trinajstić information content (AvgIpc) is 1.49. The lowest BCUT2D eigenvalue weighted by molar-refractivity contribution is -0.141. The molecular formula is C77H68N18O8S. The Hall–Kier alpha value is -11.6. The van der Waals surface area contributed by atoms with Gasteiger partial charge in [-0.1, -0.05) is 57.9 Å². The summed E-state index contributed by atoms with van der Waals surface area (Å²) < 4.78 is 32.1. The highest BCUT2D eigenvalue weighted by Crippen LogP contribution is 2.50. The minimum Gasteiger partial charge on any atom is -0.338 e. The molecule has 8 aromatic rings. The number of carbonyl (C=O) groups is 6. The summed E-state index contributed by atoms with van der Waals surface area (Å²) in [6.45, 7) is 10.2. The van der Waals surface area contributed by atoms with Crippen LogP contribution in [-0.2, 0) is 46.0 Å². The number of hydrogen-bond acceptors (Lipinski definition) is 19. The molecule has 1 saturated carbocycles. The number of allylic oxidation sites excluding steroid dienone is 8. The van der Waals surface area contributed by atoms with Gasteiger partial charge in [0.2, 0.25) is 39.1 Å². The molecule has 26 nitrogen and oxygen atoms in total. The molecule has 11 heterocycles. The molecule has 27 heteroatoms. The molecule has 520 valence electrons. The third-order valence-corrected chi connectivity index (χ3v) is 24.3. The number of hydrogen-bond donors (Lipinski definition) is 0. The van der Waals surface area contributed by atoms with Gasteiger partial charge in [0.05, 0.1) is 96.3 Å². The molecule has 8 aromatic heterocycles. The highest BCUT2D eigenvalue weighted by atomic mass is 32.2. The molecule has 0 aromatic carbocycles. The lowest BCUT2D eigenvalue weighted by atomic mass is 9.84. The van der Waals surface area contributed by atoms with Crippen molar-refractivity contribution in [2.45, 2.75) is 110 Å². The van der Waals surface area contributed by atoms with Crippen LogP contribution >= 0.6 is 0 Å². The van der Waals surface area contributed by atoms with Crippen molar-refractivity contribution in [2.24, 2.45) is 23.7 Å². The maximum atomic E-state index is 13.3. The molecule has 0 N–H and O–H groups in total. The quantitative estimate of drug-likeness (QED) is 0.123. The summed E-state index contributed by atoms with van der Waals surface area (Å²) >= 11 is 0. The van der Waals surface area contributed by atoms with Crippen molar-refractivity contribution in [3.8, 4) is 62.7 Å². The molecular weight excluding hydrogens is 1340 g/mol. The number of sulfonamides is 1. The van der Waals surface area contributed by atoms with Gasteiger partial charge < -0.3 is 9.80 Å². The van der Waals surface area contributed by atoms with Crippen LogP contribution in [0.5, 0.6) is 0 Å².